The lowest BCUT2D eigenvalue weighted by atomic mass is 10.1. The lowest BCUT2D eigenvalue weighted by Crippen LogP contribution is -2.12. The molecule has 0 radical (unpaired) electrons. The third-order valence-corrected chi connectivity index (χ3v) is 7.84. The Hall–Kier alpha value is -4.55. The first-order valence-corrected chi connectivity index (χ1v) is 14.3. The Balaban J connectivity index is 1.49. The molecule has 0 atom stereocenters. The van der Waals surface area contributed by atoms with Crippen molar-refractivity contribution in [3.63, 3.8) is 0 Å². The second-order valence-electron chi connectivity index (χ2n) is 9.46. The minimum atomic E-state index is -1.14. The van der Waals surface area contributed by atoms with Crippen LogP contribution in [0.3, 0.4) is 0 Å². The molecule has 0 aliphatic heterocycles. The minimum Gasteiger partial charge on any atom is -0.465 e. The molecule has 3 aromatic carbocycles. The van der Waals surface area contributed by atoms with Gasteiger partial charge in [-0.25, -0.2) is 24.1 Å². The molecule has 2 amide bonds. The SMILES string of the molecule is CC(C)c1ccc2c(Nc3cc(C(=O)Nc4ccc(Br)c(F)c4)ccc3Sc3ccc(NC(=O)O)cc3)ncnc2n1. The molecule has 0 bridgehead atoms. The molecule has 12 heteroatoms. The summed E-state index contributed by atoms with van der Waals surface area (Å²) in [5, 5.41) is 18.1. The summed E-state index contributed by atoms with van der Waals surface area (Å²) in [7, 11) is 0. The quantitative estimate of drug-likeness (QED) is 0.132. The van der Waals surface area contributed by atoms with Gasteiger partial charge in [-0.05, 0) is 94.6 Å². The number of carbonyl (C=O) groups is 2. The first kappa shape index (κ1) is 29.0. The Kier molecular flexibility index (Phi) is 8.64. The number of pyridine rings is 1. The molecule has 0 saturated heterocycles. The van der Waals surface area contributed by atoms with E-state index >= 15 is 0 Å². The van der Waals surface area contributed by atoms with Gasteiger partial charge in [0, 0.05) is 32.4 Å². The van der Waals surface area contributed by atoms with Gasteiger partial charge in [0.05, 0.1) is 15.5 Å². The average molecular weight is 648 g/mol. The maximum Gasteiger partial charge on any atom is 0.409 e. The molecule has 0 spiro atoms. The summed E-state index contributed by atoms with van der Waals surface area (Å²) in [5.74, 6) is -0.166. The van der Waals surface area contributed by atoms with E-state index in [1.54, 1.807) is 48.5 Å². The fourth-order valence-electron chi connectivity index (χ4n) is 4.00. The number of anilines is 4. The van der Waals surface area contributed by atoms with Crippen LogP contribution in [0.25, 0.3) is 11.0 Å². The predicted octanol–water partition coefficient (Wildman–Crippen LogP) is 8.29. The fraction of sp³-hybridized carbons (Fsp3) is 0.100. The number of nitrogens with zero attached hydrogens (tertiary/aromatic N) is 3. The molecule has 2 heterocycles. The van der Waals surface area contributed by atoms with Crippen molar-refractivity contribution in [3.05, 3.63) is 101 Å². The van der Waals surface area contributed by atoms with Crippen LogP contribution in [0.15, 0.2) is 93.4 Å². The van der Waals surface area contributed by atoms with E-state index in [1.165, 1.54) is 30.2 Å². The number of halogens is 2. The van der Waals surface area contributed by atoms with Crippen molar-refractivity contribution in [2.45, 2.75) is 29.6 Å². The molecule has 5 rings (SSSR count). The Morgan fingerprint density at radius 1 is 0.929 bits per heavy atom. The van der Waals surface area contributed by atoms with Crippen LogP contribution < -0.4 is 16.0 Å². The van der Waals surface area contributed by atoms with Crippen LogP contribution in [0.2, 0.25) is 0 Å². The second-order valence-corrected chi connectivity index (χ2v) is 11.4. The molecule has 0 unspecified atom stereocenters. The largest absolute Gasteiger partial charge is 0.465 e. The summed E-state index contributed by atoms with van der Waals surface area (Å²) >= 11 is 4.53. The molecule has 9 nitrogen and oxygen atoms in total. The molecule has 5 aromatic rings. The van der Waals surface area contributed by atoms with E-state index in [9.17, 15) is 14.0 Å². The monoisotopic (exact) mass is 646 g/mol. The first-order valence-electron chi connectivity index (χ1n) is 12.7. The van der Waals surface area contributed by atoms with Crippen molar-refractivity contribution in [2.24, 2.45) is 0 Å². The number of amides is 2. The summed E-state index contributed by atoms with van der Waals surface area (Å²) in [6, 6.07) is 20.3. The minimum absolute atomic E-state index is 0.232. The van der Waals surface area contributed by atoms with Gasteiger partial charge in [0.2, 0.25) is 0 Å². The van der Waals surface area contributed by atoms with Crippen molar-refractivity contribution in [2.75, 3.05) is 16.0 Å². The van der Waals surface area contributed by atoms with Gasteiger partial charge in [0.25, 0.3) is 5.91 Å². The number of carbonyl (C=O) groups excluding carboxylic acids is 1. The average Bonchev–Trinajstić information content (AvgIpc) is 2.96. The van der Waals surface area contributed by atoms with Gasteiger partial charge in [0.1, 0.15) is 18.0 Å². The van der Waals surface area contributed by atoms with E-state index in [2.05, 4.69) is 60.7 Å². The van der Waals surface area contributed by atoms with Gasteiger partial charge in [-0.1, -0.05) is 25.6 Å². The van der Waals surface area contributed by atoms with E-state index in [0.29, 0.717) is 43.9 Å². The van der Waals surface area contributed by atoms with Crippen LogP contribution in [0.5, 0.6) is 0 Å². The fourth-order valence-corrected chi connectivity index (χ4v) is 5.13. The maximum atomic E-state index is 14.0. The Bertz CT molecular complexity index is 1800. The van der Waals surface area contributed by atoms with Crippen molar-refractivity contribution < 1.29 is 19.1 Å². The second kappa shape index (κ2) is 12.5. The number of hydrogen-bond donors (Lipinski definition) is 4. The summed E-state index contributed by atoms with van der Waals surface area (Å²) in [6.45, 7) is 4.11. The van der Waals surface area contributed by atoms with Crippen LogP contribution in [0, 0.1) is 5.82 Å². The highest BCUT2D eigenvalue weighted by Gasteiger charge is 2.15. The van der Waals surface area contributed by atoms with Crippen LogP contribution in [-0.2, 0) is 0 Å². The van der Waals surface area contributed by atoms with Gasteiger partial charge >= 0.3 is 6.09 Å². The highest BCUT2D eigenvalue weighted by Crippen LogP contribution is 2.37. The van der Waals surface area contributed by atoms with Crippen molar-refractivity contribution in [3.8, 4) is 0 Å². The van der Waals surface area contributed by atoms with Gasteiger partial charge in [0.15, 0.2) is 5.65 Å². The zero-order valence-electron chi connectivity index (χ0n) is 22.4. The Morgan fingerprint density at radius 2 is 1.69 bits per heavy atom. The molecule has 0 fully saturated rings. The number of fused-ring (bicyclic) bond motifs is 1. The van der Waals surface area contributed by atoms with Crippen LogP contribution in [0.1, 0.15) is 35.8 Å². The van der Waals surface area contributed by atoms with E-state index in [-0.39, 0.29) is 5.92 Å². The zero-order chi connectivity index (χ0) is 29.8. The normalized spacial score (nSPS) is 11.0. The van der Waals surface area contributed by atoms with E-state index in [4.69, 9.17) is 5.11 Å². The lowest BCUT2D eigenvalue weighted by Gasteiger charge is -2.15. The molecule has 212 valence electrons. The maximum absolute atomic E-state index is 14.0. The standard InChI is InChI=1S/C30H24BrFN6O3S/c1-16(2)24-11-9-21-27(37-24)33-15-34-28(21)38-25-13-17(29(39)35-19-6-10-22(31)23(32)14-19)3-12-26(25)42-20-7-4-18(5-8-20)36-30(40)41/h3-16,36H,1-2H3,(H,35,39)(H,40,41)(H,33,34,37,38). The predicted molar refractivity (Wildman–Crippen MR) is 165 cm³/mol. The van der Waals surface area contributed by atoms with Gasteiger partial charge in [-0.2, -0.15) is 0 Å². The molecule has 42 heavy (non-hydrogen) atoms. The molecule has 4 N–H and O–H groups in total. The summed E-state index contributed by atoms with van der Waals surface area (Å²) in [5.41, 5.74) is 3.15. The third-order valence-electron chi connectivity index (χ3n) is 6.12. The molecule has 0 aliphatic carbocycles. The van der Waals surface area contributed by atoms with Gasteiger partial charge in [-0.3, -0.25) is 10.1 Å². The lowest BCUT2D eigenvalue weighted by molar-refractivity contribution is 0.102. The van der Waals surface area contributed by atoms with Crippen molar-refractivity contribution in [1.29, 1.82) is 0 Å². The van der Waals surface area contributed by atoms with Crippen molar-refractivity contribution >= 4 is 73.6 Å². The molecule has 0 aliphatic rings. The zero-order valence-corrected chi connectivity index (χ0v) is 24.8. The number of benzene rings is 3. The van der Waals surface area contributed by atoms with Crippen LogP contribution in [0.4, 0.5) is 32.1 Å². The van der Waals surface area contributed by atoms with Crippen LogP contribution >= 0.6 is 27.7 Å². The number of carboxylic acid groups (broad SMARTS) is 1. The topological polar surface area (TPSA) is 129 Å². The number of rotatable bonds is 8. The number of hydrogen-bond acceptors (Lipinski definition) is 7. The summed E-state index contributed by atoms with van der Waals surface area (Å²) < 4.78 is 14.3. The Labute approximate surface area is 253 Å². The number of nitrogens with one attached hydrogen (secondary N) is 3. The van der Waals surface area contributed by atoms with E-state index < -0.39 is 17.8 Å². The summed E-state index contributed by atoms with van der Waals surface area (Å²) in [4.78, 5) is 39.2. The van der Waals surface area contributed by atoms with E-state index in [0.717, 1.165) is 15.5 Å². The highest BCUT2D eigenvalue weighted by molar-refractivity contribution is 9.10. The van der Waals surface area contributed by atoms with Gasteiger partial charge in [-0.15, -0.1) is 0 Å². The first-order chi connectivity index (χ1) is 20.2. The van der Waals surface area contributed by atoms with Gasteiger partial charge < -0.3 is 15.7 Å². The molecule has 2 aromatic heterocycles. The smallest absolute Gasteiger partial charge is 0.409 e. The molecule has 0 saturated carbocycles. The number of aromatic nitrogens is 3. The van der Waals surface area contributed by atoms with E-state index in [1.807, 2.05) is 12.1 Å². The molecular weight excluding hydrogens is 623 g/mol. The van der Waals surface area contributed by atoms with Crippen LogP contribution in [-0.4, -0.2) is 32.1 Å². The highest BCUT2D eigenvalue weighted by atomic mass is 79.9. The summed E-state index contributed by atoms with van der Waals surface area (Å²) in [6.07, 6.45) is 0.287. The van der Waals surface area contributed by atoms with Crippen molar-refractivity contribution in [1.82, 2.24) is 15.0 Å². The Morgan fingerprint density at radius 3 is 2.40 bits per heavy atom. The molecular formula is C30H24BrFN6O3S. The third kappa shape index (κ3) is 6.84.